The van der Waals surface area contributed by atoms with Crippen molar-refractivity contribution in [1.82, 2.24) is 0 Å². The summed E-state index contributed by atoms with van der Waals surface area (Å²) in [4.78, 5) is 3.59. The van der Waals surface area contributed by atoms with Crippen molar-refractivity contribution < 1.29 is 0 Å². The van der Waals surface area contributed by atoms with Crippen molar-refractivity contribution in [3.63, 3.8) is 0 Å². The van der Waals surface area contributed by atoms with E-state index in [1.54, 1.807) is 0 Å². The average molecular weight is 222 g/mol. The summed E-state index contributed by atoms with van der Waals surface area (Å²) in [5.74, 6) is 0. The molecule has 60 valence electrons. The summed E-state index contributed by atoms with van der Waals surface area (Å²) < 4.78 is 1.12. The van der Waals surface area contributed by atoms with Crippen molar-refractivity contribution in [3.05, 3.63) is 45.2 Å². The normalized spacial score (nSPS) is 20.2. The zero-order valence-electron chi connectivity index (χ0n) is 6.55. The summed E-state index contributed by atoms with van der Waals surface area (Å²) in [6.45, 7) is 7.00. The van der Waals surface area contributed by atoms with Crippen LogP contribution in [0.25, 0.3) is 4.85 Å². The first-order valence-electron chi connectivity index (χ1n) is 3.96. The van der Waals surface area contributed by atoms with Gasteiger partial charge in [0.25, 0.3) is 0 Å². The van der Waals surface area contributed by atoms with Crippen LogP contribution in [0.4, 0.5) is 0 Å². The molecule has 1 aromatic carbocycles. The summed E-state index contributed by atoms with van der Waals surface area (Å²) in [5, 5.41) is 0. The third-order valence-electron chi connectivity index (χ3n) is 2.31. The lowest BCUT2D eigenvalue weighted by atomic mass is 10.1. The maximum absolute atomic E-state index is 7.00. The van der Waals surface area contributed by atoms with Crippen LogP contribution in [0.1, 0.15) is 23.6 Å². The lowest BCUT2D eigenvalue weighted by molar-refractivity contribution is 0.810. The van der Waals surface area contributed by atoms with E-state index in [9.17, 15) is 0 Å². The molecule has 0 aromatic heterocycles. The Kier molecular flexibility index (Phi) is 1.90. The smallest absolute Gasteiger partial charge is 0.249 e. The minimum atomic E-state index is 0.119. The summed E-state index contributed by atoms with van der Waals surface area (Å²) >= 11 is 3.43. The molecule has 0 amide bonds. The maximum Gasteiger partial charge on any atom is 0.249 e. The molecule has 1 unspecified atom stereocenters. The number of nitrogens with zero attached hydrogens (tertiary/aromatic N) is 1. The third kappa shape index (κ3) is 1.15. The molecule has 0 heterocycles. The van der Waals surface area contributed by atoms with Gasteiger partial charge in [-0.3, -0.25) is 0 Å². The molecule has 1 nitrogen and oxygen atoms in total. The van der Waals surface area contributed by atoms with Crippen LogP contribution < -0.4 is 0 Å². The molecule has 0 radical (unpaired) electrons. The van der Waals surface area contributed by atoms with Crippen LogP contribution in [0, 0.1) is 6.57 Å². The monoisotopic (exact) mass is 221 g/mol. The minimum Gasteiger partial charge on any atom is -0.308 e. The number of hydrogen-bond acceptors (Lipinski definition) is 0. The van der Waals surface area contributed by atoms with Gasteiger partial charge in [0, 0.05) is 16.5 Å². The van der Waals surface area contributed by atoms with E-state index in [0.717, 1.165) is 17.3 Å². The zero-order valence-corrected chi connectivity index (χ0v) is 8.13. The molecular weight excluding hydrogens is 214 g/mol. The largest absolute Gasteiger partial charge is 0.308 e. The Balaban J connectivity index is 2.49. The molecule has 1 atom stereocenters. The van der Waals surface area contributed by atoms with Gasteiger partial charge in [0.15, 0.2) is 0 Å². The molecule has 0 aliphatic heterocycles. The van der Waals surface area contributed by atoms with Gasteiger partial charge < -0.3 is 4.85 Å². The number of aryl methyl sites for hydroxylation is 1. The number of rotatable bonds is 0. The van der Waals surface area contributed by atoms with Crippen LogP contribution in [0.5, 0.6) is 0 Å². The second kappa shape index (κ2) is 2.91. The molecule has 2 heteroatoms. The van der Waals surface area contributed by atoms with E-state index >= 15 is 0 Å². The van der Waals surface area contributed by atoms with E-state index in [4.69, 9.17) is 6.57 Å². The van der Waals surface area contributed by atoms with Gasteiger partial charge in [0.2, 0.25) is 6.04 Å². The van der Waals surface area contributed by atoms with Gasteiger partial charge in [0.05, 0.1) is 0 Å². The third-order valence-corrected chi connectivity index (χ3v) is 2.80. The van der Waals surface area contributed by atoms with Crippen molar-refractivity contribution in [2.45, 2.75) is 18.9 Å². The first kappa shape index (κ1) is 7.82. The fourth-order valence-electron chi connectivity index (χ4n) is 1.70. The van der Waals surface area contributed by atoms with Crippen molar-refractivity contribution in [1.29, 1.82) is 0 Å². The number of benzene rings is 1. The van der Waals surface area contributed by atoms with Crippen LogP contribution in [0.15, 0.2) is 22.7 Å². The van der Waals surface area contributed by atoms with Crippen LogP contribution >= 0.6 is 15.9 Å². The van der Waals surface area contributed by atoms with Gasteiger partial charge in [-0.25, -0.2) is 6.57 Å². The van der Waals surface area contributed by atoms with Crippen molar-refractivity contribution >= 4 is 15.9 Å². The van der Waals surface area contributed by atoms with Gasteiger partial charge in [-0.15, -0.1) is 0 Å². The second-order valence-electron chi connectivity index (χ2n) is 3.03. The zero-order chi connectivity index (χ0) is 8.55. The number of hydrogen-bond donors (Lipinski definition) is 0. The van der Waals surface area contributed by atoms with Crippen molar-refractivity contribution in [2.75, 3.05) is 0 Å². The van der Waals surface area contributed by atoms with Crippen LogP contribution in [0.3, 0.4) is 0 Å². The molecule has 0 fully saturated rings. The van der Waals surface area contributed by atoms with E-state index in [1.165, 1.54) is 11.1 Å². The molecule has 1 aliphatic rings. The van der Waals surface area contributed by atoms with E-state index in [-0.39, 0.29) is 6.04 Å². The quantitative estimate of drug-likeness (QED) is 0.593. The first-order chi connectivity index (χ1) is 5.81. The molecule has 0 spiro atoms. The highest BCUT2D eigenvalue weighted by molar-refractivity contribution is 9.10. The first-order valence-corrected chi connectivity index (χ1v) is 4.75. The molecule has 0 bridgehead atoms. The highest BCUT2D eigenvalue weighted by Crippen LogP contribution is 2.35. The summed E-state index contributed by atoms with van der Waals surface area (Å²) in [6, 6.07) is 6.32. The van der Waals surface area contributed by atoms with Crippen LogP contribution in [0.2, 0.25) is 0 Å². The Morgan fingerprint density at radius 2 is 2.33 bits per heavy atom. The van der Waals surface area contributed by atoms with Crippen LogP contribution in [-0.2, 0) is 6.42 Å². The fraction of sp³-hybridized carbons (Fsp3) is 0.300. The maximum atomic E-state index is 7.00. The standard InChI is InChI=1S/C10H8BrN/c1-12-10-5-2-7-6-8(11)3-4-9(7)10/h3-4,6,10H,2,5H2. The molecule has 1 aliphatic carbocycles. The van der Waals surface area contributed by atoms with Gasteiger partial charge >= 0.3 is 0 Å². The van der Waals surface area contributed by atoms with Crippen LogP contribution in [-0.4, -0.2) is 0 Å². The average Bonchev–Trinajstić information content (AvgIpc) is 2.46. The van der Waals surface area contributed by atoms with Gasteiger partial charge in [-0.1, -0.05) is 15.9 Å². The molecular formula is C10H8BrN. The minimum absolute atomic E-state index is 0.119. The second-order valence-corrected chi connectivity index (χ2v) is 3.94. The van der Waals surface area contributed by atoms with E-state index in [2.05, 4.69) is 32.9 Å². The predicted octanol–water partition coefficient (Wildman–Crippen LogP) is 3.36. The molecule has 12 heavy (non-hydrogen) atoms. The van der Waals surface area contributed by atoms with Crippen molar-refractivity contribution in [2.24, 2.45) is 0 Å². The van der Waals surface area contributed by atoms with Gasteiger partial charge in [-0.2, -0.15) is 0 Å². The molecule has 1 aromatic rings. The van der Waals surface area contributed by atoms with Crippen molar-refractivity contribution in [3.8, 4) is 0 Å². The Hall–Kier alpha value is -0.810. The molecule has 2 rings (SSSR count). The lowest BCUT2D eigenvalue weighted by Crippen LogP contribution is -1.84. The Morgan fingerprint density at radius 3 is 3.08 bits per heavy atom. The summed E-state index contributed by atoms with van der Waals surface area (Å²) in [7, 11) is 0. The number of halogens is 1. The van der Waals surface area contributed by atoms with Gasteiger partial charge in [-0.05, 0) is 30.2 Å². The fourth-order valence-corrected chi connectivity index (χ4v) is 2.11. The molecule has 0 N–H and O–H groups in total. The van der Waals surface area contributed by atoms with Gasteiger partial charge in [0.1, 0.15) is 0 Å². The Bertz CT molecular complexity index is 351. The topological polar surface area (TPSA) is 4.36 Å². The summed E-state index contributed by atoms with van der Waals surface area (Å²) in [6.07, 6.45) is 2.05. The summed E-state index contributed by atoms with van der Waals surface area (Å²) in [5.41, 5.74) is 2.57. The Labute approximate surface area is 80.4 Å². The van der Waals surface area contributed by atoms with E-state index < -0.39 is 0 Å². The van der Waals surface area contributed by atoms with E-state index in [0.29, 0.717) is 0 Å². The predicted molar refractivity (Wildman–Crippen MR) is 51.8 cm³/mol. The SMILES string of the molecule is [C-]#[N+]C1CCc2cc(Br)ccc21. The highest BCUT2D eigenvalue weighted by Gasteiger charge is 2.26. The number of fused-ring (bicyclic) bond motifs is 1. The Morgan fingerprint density at radius 1 is 1.50 bits per heavy atom. The molecule has 0 saturated heterocycles. The van der Waals surface area contributed by atoms with E-state index in [1.807, 2.05) is 6.07 Å². The molecule has 0 saturated carbocycles. The lowest BCUT2D eigenvalue weighted by Gasteiger charge is -1.98. The highest BCUT2D eigenvalue weighted by atomic mass is 79.9.